The standard InChI is InChI=1S/C15H27N3/c1-3-10-17-15(12-16)9-8-14(11-15)18(2)13-6-4-5-7-13/h13-14,17H,3-11H2,1-2H3. The van der Waals surface area contributed by atoms with Crippen molar-refractivity contribution in [2.45, 2.75) is 75.9 Å². The molecule has 0 amide bonds. The minimum atomic E-state index is -0.243. The van der Waals surface area contributed by atoms with Crippen molar-refractivity contribution in [3.05, 3.63) is 0 Å². The van der Waals surface area contributed by atoms with Gasteiger partial charge in [-0.2, -0.15) is 5.26 Å². The third-order valence-electron chi connectivity index (χ3n) is 4.89. The predicted octanol–water partition coefficient (Wildman–Crippen LogP) is 2.68. The molecule has 0 aromatic rings. The van der Waals surface area contributed by atoms with Gasteiger partial charge in [0, 0.05) is 12.1 Å². The van der Waals surface area contributed by atoms with Crippen molar-refractivity contribution in [1.82, 2.24) is 10.2 Å². The van der Waals surface area contributed by atoms with Crippen molar-refractivity contribution in [2.75, 3.05) is 13.6 Å². The maximum Gasteiger partial charge on any atom is 0.108 e. The molecule has 2 aliphatic carbocycles. The maximum atomic E-state index is 9.48. The van der Waals surface area contributed by atoms with Gasteiger partial charge in [-0.3, -0.25) is 5.32 Å². The highest BCUT2D eigenvalue weighted by Crippen LogP contribution is 2.35. The first-order valence-corrected chi connectivity index (χ1v) is 7.59. The summed E-state index contributed by atoms with van der Waals surface area (Å²) in [5, 5.41) is 13.0. The van der Waals surface area contributed by atoms with E-state index in [2.05, 4.69) is 30.3 Å². The molecule has 0 bridgehead atoms. The largest absolute Gasteiger partial charge is 0.300 e. The third-order valence-corrected chi connectivity index (χ3v) is 4.89. The van der Waals surface area contributed by atoms with Crippen LogP contribution in [0.2, 0.25) is 0 Å². The number of nitriles is 1. The smallest absolute Gasteiger partial charge is 0.108 e. The van der Waals surface area contributed by atoms with E-state index in [0.29, 0.717) is 6.04 Å². The molecule has 0 radical (unpaired) electrons. The summed E-state index contributed by atoms with van der Waals surface area (Å²) >= 11 is 0. The molecule has 0 saturated heterocycles. The van der Waals surface area contributed by atoms with Crippen LogP contribution in [0.4, 0.5) is 0 Å². The molecule has 3 nitrogen and oxygen atoms in total. The Hall–Kier alpha value is -0.590. The molecule has 3 heteroatoms. The number of nitrogens with zero attached hydrogens (tertiary/aromatic N) is 2. The lowest BCUT2D eigenvalue weighted by molar-refractivity contribution is 0.171. The van der Waals surface area contributed by atoms with Gasteiger partial charge in [0.15, 0.2) is 0 Å². The van der Waals surface area contributed by atoms with Crippen LogP contribution in [-0.4, -0.2) is 36.1 Å². The second kappa shape index (κ2) is 6.04. The van der Waals surface area contributed by atoms with Crippen LogP contribution in [0, 0.1) is 11.3 Å². The zero-order chi connectivity index (χ0) is 13.0. The second-order valence-electron chi connectivity index (χ2n) is 6.12. The van der Waals surface area contributed by atoms with Crippen molar-refractivity contribution in [3.8, 4) is 6.07 Å². The van der Waals surface area contributed by atoms with Gasteiger partial charge in [-0.1, -0.05) is 19.8 Å². The highest BCUT2D eigenvalue weighted by molar-refractivity contribution is 5.13. The van der Waals surface area contributed by atoms with E-state index >= 15 is 0 Å². The monoisotopic (exact) mass is 249 g/mol. The van der Waals surface area contributed by atoms with Gasteiger partial charge in [0.2, 0.25) is 0 Å². The summed E-state index contributed by atoms with van der Waals surface area (Å²) in [7, 11) is 2.27. The molecule has 2 aliphatic rings. The summed E-state index contributed by atoms with van der Waals surface area (Å²) < 4.78 is 0. The summed E-state index contributed by atoms with van der Waals surface area (Å²) in [6.45, 7) is 3.13. The van der Waals surface area contributed by atoms with E-state index < -0.39 is 0 Å². The van der Waals surface area contributed by atoms with Crippen LogP contribution in [0.1, 0.15) is 58.3 Å². The molecule has 2 saturated carbocycles. The quantitative estimate of drug-likeness (QED) is 0.814. The van der Waals surface area contributed by atoms with Crippen LogP contribution >= 0.6 is 0 Å². The topological polar surface area (TPSA) is 39.1 Å². The average Bonchev–Trinajstić information content (AvgIpc) is 3.06. The van der Waals surface area contributed by atoms with E-state index in [-0.39, 0.29) is 5.54 Å². The molecular formula is C15H27N3. The van der Waals surface area contributed by atoms with Gasteiger partial charge in [0.1, 0.15) is 5.54 Å². The summed E-state index contributed by atoms with van der Waals surface area (Å²) in [5.41, 5.74) is -0.243. The summed E-state index contributed by atoms with van der Waals surface area (Å²) in [5.74, 6) is 0. The van der Waals surface area contributed by atoms with E-state index in [1.807, 2.05) is 0 Å². The summed E-state index contributed by atoms with van der Waals surface area (Å²) in [4.78, 5) is 2.57. The first kappa shape index (κ1) is 13.8. The lowest BCUT2D eigenvalue weighted by atomic mass is 9.98. The SMILES string of the molecule is CCCNC1(C#N)CCC(N(C)C2CCCC2)C1. The molecule has 0 aromatic heterocycles. The van der Waals surface area contributed by atoms with Crippen LogP contribution in [0.5, 0.6) is 0 Å². The van der Waals surface area contributed by atoms with Crippen molar-refractivity contribution in [3.63, 3.8) is 0 Å². The second-order valence-corrected chi connectivity index (χ2v) is 6.12. The Kier molecular flexibility index (Phi) is 4.64. The molecule has 1 N–H and O–H groups in total. The Morgan fingerprint density at radius 2 is 2.00 bits per heavy atom. The molecule has 2 atom stereocenters. The summed E-state index contributed by atoms with van der Waals surface area (Å²) in [6.07, 6.45) is 9.80. The van der Waals surface area contributed by atoms with Crippen molar-refractivity contribution < 1.29 is 0 Å². The van der Waals surface area contributed by atoms with Gasteiger partial charge in [-0.25, -0.2) is 0 Å². The van der Waals surface area contributed by atoms with E-state index in [0.717, 1.165) is 31.8 Å². The molecule has 18 heavy (non-hydrogen) atoms. The number of hydrogen-bond donors (Lipinski definition) is 1. The fourth-order valence-corrected chi connectivity index (χ4v) is 3.64. The molecule has 0 aliphatic heterocycles. The minimum Gasteiger partial charge on any atom is -0.300 e. The lowest BCUT2D eigenvalue weighted by Gasteiger charge is -2.31. The molecule has 2 unspecified atom stereocenters. The zero-order valence-electron chi connectivity index (χ0n) is 11.9. The minimum absolute atomic E-state index is 0.243. The maximum absolute atomic E-state index is 9.48. The van der Waals surface area contributed by atoms with Crippen LogP contribution in [0.25, 0.3) is 0 Å². The summed E-state index contributed by atoms with van der Waals surface area (Å²) in [6, 6.07) is 3.93. The molecule has 102 valence electrons. The Morgan fingerprint density at radius 3 is 2.61 bits per heavy atom. The van der Waals surface area contributed by atoms with Crippen molar-refractivity contribution in [1.29, 1.82) is 5.26 Å². The van der Waals surface area contributed by atoms with Crippen molar-refractivity contribution in [2.24, 2.45) is 0 Å². The average molecular weight is 249 g/mol. The molecule has 2 rings (SSSR count). The molecule has 0 spiro atoms. The van der Waals surface area contributed by atoms with Crippen molar-refractivity contribution >= 4 is 0 Å². The normalized spacial score (nSPS) is 33.1. The lowest BCUT2D eigenvalue weighted by Crippen LogP contribution is -2.45. The molecule has 0 heterocycles. The fourth-order valence-electron chi connectivity index (χ4n) is 3.64. The Morgan fingerprint density at radius 1 is 1.28 bits per heavy atom. The fraction of sp³-hybridized carbons (Fsp3) is 0.933. The first-order valence-electron chi connectivity index (χ1n) is 7.59. The Bertz CT molecular complexity index is 303. The highest BCUT2D eigenvalue weighted by Gasteiger charge is 2.41. The zero-order valence-corrected chi connectivity index (χ0v) is 11.9. The van der Waals surface area contributed by atoms with E-state index in [1.54, 1.807) is 0 Å². The van der Waals surface area contributed by atoms with Crippen LogP contribution in [0.15, 0.2) is 0 Å². The molecule has 2 fully saturated rings. The van der Waals surface area contributed by atoms with Crippen LogP contribution in [0.3, 0.4) is 0 Å². The van der Waals surface area contributed by atoms with E-state index in [9.17, 15) is 5.26 Å². The number of nitrogens with one attached hydrogen (secondary N) is 1. The molecular weight excluding hydrogens is 222 g/mol. The van der Waals surface area contributed by atoms with Gasteiger partial charge < -0.3 is 4.90 Å². The number of rotatable bonds is 5. The number of hydrogen-bond acceptors (Lipinski definition) is 3. The van der Waals surface area contributed by atoms with Gasteiger partial charge >= 0.3 is 0 Å². The Balaban J connectivity index is 1.91. The van der Waals surface area contributed by atoms with Gasteiger partial charge in [0.25, 0.3) is 0 Å². The highest BCUT2D eigenvalue weighted by atomic mass is 15.2. The molecule has 0 aromatic carbocycles. The van der Waals surface area contributed by atoms with Gasteiger partial charge in [-0.05, 0) is 52.1 Å². The third kappa shape index (κ3) is 2.87. The van der Waals surface area contributed by atoms with E-state index in [1.165, 1.54) is 32.1 Å². The van der Waals surface area contributed by atoms with Crippen LogP contribution < -0.4 is 5.32 Å². The Labute approximate surface area is 112 Å². The van der Waals surface area contributed by atoms with Gasteiger partial charge in [0.05, 0.1) is 6.07 Å². The predicted molar refractivity (Wildman–Crippen MR) is 74.3 cm³/mol. The van der Waals surface area contributed by atoms with E-state index in [4.69, 9.17) is 0 Å². The van der Waals surface area contributed by atoms with Gasteiger partial charge in [-0.15, -0.1) is 0 Å². The first-order chi connectivity index (χ1) is 8.71. The van der Waals surface area contributed by atoms with Crippen LogP contribution in [-0.2, 0) is 0 Å².